The molecule has 0 fully saturated rings. The fourth-order valence-corrected chi connectivity index (χ4v) is 1.96. The summed E-state index contributed by atoms with van der Waals surface area (Å²) in [5.74, 6) is -2.83. The summed E-state index contributed by atoms with van der Waals surface area (Å²) < 4.78 is 25.9. The number of hydrogen-bond donors (Lipinski definition) is 2. The van der Waals surface area contributed by atoms with Crippen molar-refractivity contribution in [3.63, 3.8) is 0 Å². The number of carbonyl (C=O) groups is 1. The van der Waals surface area contributed by atoms with Crippen LogP contribution < -0.4 is 11.1 Å². The SMILES string of the molecule is CC(C(=O)Nc1ccc(F)c(F)c1)C(N)c1ccccc1. The second kappa shape index (κ2) is 6.45. The Morgan fingerprint density at radius 3 is 2.38 bits per heavy atom. The number of nitrogens with two attached hydrogens (primary N) is 1. The largest absolute Gasteiger partial charge is 0.326 e. The van der Waals surface area contributed by atoms with E-state index in [0.717, 1.165) is 17.7 Å². The molecule has 2 unspecified atom stereocenters. The molecule has 3 N–H and O–H groups in total. The van der Waals surface area contributed by atoms with Gasteiger partial charge in [-0.05, 0) is 17.7 Å². The standard InChI is InChI=1S/C16H16F2N2O/c1-10(15(19)11-5-3-2-4-6-11)16(21)20-12-7-8-13(17)14(18)9-12/h2-10,15H,19H2,1H3,(H,20,21). The van der Waals surface area contributed by atoms with E-state index < -0.39 is 23.6 Å². The van der Waals surface area contributed by atoms with Crippen molar-refractivity contribution >= 4 is 11.6 Å². The monoisotopic (exact) mass is 290 g/mol. The van der Waals surface area contributed by atoms with Crippen molar-refractivity contribution in [2.45, 2.75) is 13.0 Å². The highest BCUT2D eigenvalue weighted by molar-refractivity contribution is 5.92. The first-order valence-corrected chi connectivity index (χ1v) is 6.55. The van der Waals surface area contributed by atoms with Crippen molar-refractivity contribution in [3.05, 3.63) is 65.7 Å². The number of hydrogen-bond acceptors (Lipinski definition) is 2. The third-order valence-electron chi connectivity index (χ3n) is 3.32. The number of anilines is 1. The van der Waals surface area contributed by atoms with E-state index >= 15 is 0 Å². The van der Waals surface area contributed by atoms with Crippen LogP contribution in [-0.2, 0) is 4.79 Å². The van der Waals surface area contributed by atoms with Crippen LogP contribution in [-0.4, -0.2) is 5.91 Å². The van der Waals surface area contributed by atoms with Crippen LogP contribution >= 0.6 is 0 Å². The van der Waals surface area contributed by atoms with E-state index in [4.69, 9.17) is 5.73 Å². The molecule has 110 valence electrons. The number of halogens is 2. The quantitative estimate of drug-likeness (QED) is 0.908. The first kappa shape index (κ1) is 15.1. The number of nitrogens with one attached hydrogen (secondary N) is 1. The van der Waals surface area contributed by atoms with Crippen LogP contribution in [0.3, 0.4) is 0 Å². The summed E-state index contributed by atoms with van der Waals surface area (Å²) in [5, 5.41) is 2.53. The lowest BCUT2D eigenvalue weighted by atomic mass is 9.94. The maximum atomic E-state index is 13.1. The molecule has 0 aliphatic rings. The average Bonchev–Trinajstić information content (AvgIpc) is 2.50. The maximum Gasteiger partial charge on any atom is 0.229 e. The number of benzene rings is 2. The minimum absolute atomic E-state index is 0.200. The number of amides is 1. The second-order valence-corrected chi connectivity index (χ2v) is 4.84. The summed E-state index contributed by atoms with van der Waals surface area (Å²) in [7, 11) is 0. The highest BCUT2D eigenvalue weighted by Gasteiger charge is 2.22. The van der Waals surface area contributed by atoms with Crippen LogP contribution in [0.25, 0.3) is 0 Å². The van der Waals surface area contributed by atoms with Crippen LogP contribution in [0.2, 0.25) is 0 Å². The summed E-state index contributed by atoms with van der Waals surface area (Å²) in [6, 6.07) is 12.0. The zero-order valence-electron chi connectivity index (χ0n) is 11.5. The molecule has 2 aromatic rings. The summed E-state index contributed by atoms with van der Waals surface area (Å²) >= 11 is 0. The summed E-state index contributed by atoms with van der Waals surface area (Å²) in [6.07, 6.45) is 0. The Labute approximate surface area is 121 Å². The molecule has 21 heavy (non-hydrogen) atoms. The molecule has 0 radical (unpaired) electrons. The molecule has 0 saturated heterocycles. The molecule has 0 aromatic heterocycles. The van der Waals surface area contributed by atoms with Crippen molar-refractivity contribution in [3.8, 4) is 0 Å². The Morgan fingerprint density at radius 2 is 1.76 bits per heavy atom. The lowest BCUT2D eigenvalue weighted by Gasteiger charge is -2.19. The third-order valence-corrected chi connectivity index (χ3v) is 3.32. The van der Waals surface area contributed by atoms with Gasteiger partial charge in [-0.2, -0.15) is 0 Å². The Kier molecular flexibility index (Phi) is 4.65. The van der Waals surface area contributed by atoms with E-state index in [1.165, 1.54) is 6.07 Å². The van der Waals surface area contributed by atoms with Crippen LogP contribution in [0.15, 0.2) is 48.5 Å². The molecule has 0 heterocycles. The molecular weight excluding hydrogens is 274 g/mol. The van der Waals surface area contributed by atoms with Crippen LogP contribution in [0.5, 0.6) is 0 Å². The normalized spacial score (nSPS) is 13.5. The molecule has 0 spiro atoms. The predicted molar refractivity (Wildman–Crippen MR) is 77.5 cm³/mol. The summed E-state index contributed by atoms with van der Waals surface area (Å²) in [6.45, 7) is 1.69. The molecule has 2 aromatic carbocycles. The van der Waals surface area contributed by atoms with Gasteiger partial charge in [0.2, 0.25) is 5.91 Å². The van der Waals surface area contributed by atoms with Gasteiger partial charge in [0.1, 0.15) is 0 Å². The Balaban J connectivity index is 2.07. The van der Waals surface area contributed by atoms with E-state index in [2.05, 4.69) is 5.32 Å². The van der Waals surface area contributed by atoms with Crippen LogP contribution in [0.1, 0.15) is 18.5 Å². The van der Waals surface area contributed by atoms with Crippen molar-refractivity contribution in [1.82, 2.24) is 0 Å². The first-order chi connectivity index (χ1) is 9.99. The highest BCUT2D eigenvalue weighted by atomic mass is 19.2. The Bertz CT molecular complexity index is 631. The highest BCUT2D eigenvalue weighted by Crippen LogP contribution is 2.21. The molecule has 0 aliphatic heterocycles. The lowest BCUT2D eigenvalue weighted by Crippen LogP contribution is -2.30. The fraction of sp³-hybridized carbons (Fsp3) is 0.188. The van der Waals surface area contributed by atoms with E-state index in [1.807, 2.05) is 30.3 Å². The van der Waals surface area contributed by atoms with Gasteiger partial charge in [0.25, 0.3) is 0 Å². The molecule has 2 rings (SSSR count). The summed E-state index contributed by atoms with van der Waals surface area (Å²) in [4.78, 5) is 12.1. The predicted octanol–water partition coefficient (Wildman–Crippen LogP) is 3.24. The van der Waals surface area contributed by atoms with Crippen LogP contribution in [0, 0.1) is 17.6 Å². The van der Waals surface area contributed by atoms with E-state index in [-0.39, 0.29) is 11.6 Å². The number of carbonyl (C=O) groups excluding carboxylic acids is 1. The van der Waals surface area contributed by atoms with Gasteiger partial charge in [0.05, 0.1) is 5.92 Å². The van der Waals surface area contributed by atoms with Gasteiger partial charge in [0, 0.05) is 17.8 Å². The van der Waals surface area contributed by atoms with Crippen molar-refractivity contribution in [1.29, 1.82) is 0 Å². The van der Waals surface area contributed by atoms with E-state index in [1.54, 1.807) is 6.92 Å². The topological polar surface area (TPSA) is 55.1 Å². The fourth-order valence-electron chi connectivity index (χ4n) is 1.96. The van der Waals surface area contributed by atoms with Gasteiger partial charge >= 0.3 is 0 Å². The third kappa shape index (κ3) is 3.64. The molecule has 0 aliphatic carbocycles. The van der Waals surface area contributed by atoms with Gasteiger partial charge in [-0.1, -0.05) is 37.3 Å². The van der Waals surface area contributed by atoms with Crippen LogP contribution in [0.4, 0.5) is 14.5 Å². The lowest BCUT2D eigenvalue weighted by molar-refractivity contribution is -0.120. The van der Waals surface area contributed by atoms with E-state index in [9.17, 15) is 13.6 Å². The average molecular weight is 290 g/mol. The second-order valence-electron chi connectivity index (χ2n) is 4.84. The Hall–Kier alpha value is -2.27. The smallest absolute Gasteiger partial charge is 0.229 e. The molecule has 0 bridgehead atoms. The van der Waals surface area contributed by atoms with Crippen molar-refractivity contribution < 1.29 is 13.6 Å². The van der Waals surface area contributed by atoms with Gasteiger partial charge in [-0.25, -0.2) is 8.78 Å². The molecule has 1 amide bonds. The zero-order chi connectivity index (χ0) is 15.4. The number of rotatable bonds is 4. The van der Waals surface area contributed by atoms with Gasteiger partial charge in [-0.15, -0.1) is 0 Å². The first-order valence-electron chi connectivity index (χ1n) is 6.55. The maximum absolute atomic E-state index is 13.1. The van der Waals surface area contributed by atoms with Crippen molar-refractivity contribution in [2.75, 3.05) is 5.32 Å². The van der Waals surface area contributed by atoms with Gasteiger partial charge < -0.3 is 11.1 Å². The molecule has 0 saturated carbocycles. The van der Waals surface area contributed by atoms with E-state index in [0.29, 0.717) is 0 Å². The molecule has 2 atom stereocenters. The molecular formula is C16H16F2N2O. The minimum atomic E-state index is -1.01. The van der Waals surface area contributed by atoms with Gasteiger partial charge in [-0.3, -0.25) is 4.79 Å². The van der Waals surface area contributed by atoms with Gasteiger partial charge in [0.15, 0.2) is 11.6 Å². The zero-order valence-corrected chi connectivity index (χ0v) is 11.5. The molecule has 3 nitrogen and oxygen atoms in total. The Morgan fingerprint density at radius 1 is 1.10 bits per heavy atom. The minimum Gasteiger partial charge on any atom is -0.326 e. The molecule has 5 heteroatoms. The van der Waals surface area contributed by atoms with Crippen molar-refractivity contribution in [2.24, 2.45) is 11.7 Å². The summed E-state index contributed by atoms with van der Waals surface area (Å²) in [5.41, 5.74) is 7.09.